The van der Waals surface area contributed by atoms with Crippen LogP contribution in [-0.4, -0.2) is 53.0 Å². The first-order valence-corrected chi connectivity index (χ1v) is 7.20. The molecule has 0 fully saturated rings. The van der Waals surface area contributed by atoms with Gasteiger partial charge < -0.3 is 25.2 Å². The van der Waals surface area contributed by atoms with Crippen LogP contribution in [0.25, 0.3) is 0 Å². The van der Waals surface area contributed by atoms with Gasteiger partial charge in [-0.25, -0.2) is 0 Å². The summed E-state index contributed by atoms with van der Waals surface area (Å²) in [5.41, 5.74) is 0. The molecular weight excluding hydrogens is 423 g/mol. The molecule has 0 bridgehead atoms. The summed E-state index contributed by atoms with van der Waals surface area (Å²) >= 11 is 0. The first-order valence-electron chi connectivity index (χ1n) is 7.20. The van der Waals surface area contributed by atoms with Crippen molar-refractivity contribution >= 4 is 11.9 Å². The second-order valence-electron chi connectivity index (χ2n) is 4.55. The number of rotatable bonds is 6. The molecule has 0 radical (unpaired) electrons. The number of carbonyl (C=O) groups excluding carboxylic acids is 2. The van der Waals surface area contributed by atoms with Crippen molar-refractivity contribution in [3.05, 3.63) is 0 Å². The Bertz CT molecular complexity index is 265. The summed E-state index contributed by atoms with van der Waals surface area (Å²) < 4.78 is 9.67. The van der Waals surface area contributed by atoms with E-state index in [0.29, 0.717) is 6.42 Å². The van der Waals surface area contributed by atoms with Crippen molar-refractivity contribution in [1.29, 1.82) is 0 Å². The van der Waals surface area contributed by atoms with E-state index in [0.717, 1.165) is 20.0 Å². The van der Waals surface area contributed by atoms with Crippen LogP contribution in [0, 0.1) is 0 Å². The van der Waals surface area contributed by atoms with Gasteiger partial charge in [-0.3, -0.25) is 9.59 Å². The summed E-state index contributed by atoms with van der Waals surface area (Å²) in [5.74, 6) is -0.475. The summed E-state index contributed by atoms with van der Waals surface area (Å²) in [7, 11) is 1.00. The first kappa shape index (κ1) is 95.2. The average molecular weight is 493 g/mol. The van der Waals surface area contributed by atoms with Crippen molar-refractivity contribution in [3.63, 3.8) is 0 Å². The van der Waals surface area contributed by atoms with Crippen LogP contribution in [0.4, 0.5) is 0 Å². The number of aliphatic hydroxyl groups excluding tert-OH is 2. The zero-order valence-electron chi connectivity index (χ0n) is 15.8. The first-order chi connectivity index (χ1) is 9.72. The molecule has 0 aliphatic rings. The molecule has 8 heteroatoms. The Morgan fingerprint density at radius 1 is 0.719 bits per heavy atom. The van der Waals surface area contributed by atoms with Gasteiger partial charge in [-0.1, -0.05) is 80.7 Å². The zero-order chi connectivity index (χ0) is 17.4. The van der Waals surface area contributed by atoms with Gasteiger partial charge in [0.25, 0.3) is 0 Å². The van der Waals surface area contributed by atoms with Crippen LogP contribution in [-0.2, 0) is 19.1 Å². The number of aliphatic hydroxyl groups is 2. The van der Waals surface area contributed by atoms with Gasteiger partial charge in [0.2, 0.25) is 0 Å². The van der Waals surface area contributed by atoms with Crippen LogP contribution in [0.1, 0.15) is 128 Å². The Morgan fingerprint density at radius 3 is 1.12 bits per heavy atom. The van der Waals surface area contributed by atoms with E-state index in [1.54, 1.807) is 6.92 Å². The maximum absolute atomic E-state index is 10.5. The third kappa shape index (κ3) is 99.0. The van der Waals surface area contributed by atoms with Crippen LogP contribution in [0.5, 0.6) is 0 Å². The fourth-order valence-electron chi connectivity index (χ4n) is 1.28. The maximum atomic E-state index is 10.5. The molecule has 0 aliphatic carbocycles. The molecule has 0 saturated carbocycles. The fraction of sp³-hybridized carbons (Fsp3) is 0.917. The molecular formula is C24H69NaO7. The van der Waals surface area contributed by atoms with Gasteiger partial charge in [0, 0.05) is 27.4 Å². The molecule has 0 aliphatic heterocycles. The Morgan fingerprint density at radius 2 is 1.00 bits per heavy atom. The molecule has 3 atom stereocenters. The number of ether oxygens (including phenoxy) is 2. The molecule has 7 nitrogen and oxygen atoms in total. The summed E-state index contributed by atoms with van der Waals surface area (Å²) in [6.07, 6.45) is 1.71. The number of hydrogen-bond acceptors (Lipinski definition) is 7. The number of carbonyl (C=O) groups is 2. The van der Waals surface area contributed by atoms with Crippen molar-refractivity contribution in [2.45, 2.75) is 146 Å². The summed E-state index contributed by atoms with van der Waals surface area (Å²) in [6.45, 7) is 10.3. The van der Waals surface area contributed by atoms with Crippen molar-refractivity contribution in [3.8, 4) is 0 Å². The van der Waals surface area contributed by atoms with Gasteiger partial charge in [0.15, 0.2) is 0 Å². The molecule has 0 aromatic carbocycles. The summed E-state index contributed by atoms with van der Waals surface area (Å²) in [6, 6.07) is 0. The monoisotopic (exact) mass is 492 g/mol. The molecule has 3 unspecified atom stereocenters. The van der Waals surface area contributed by atoms with Crippen LogP contribution in [0.3, 0.4) is 0 Å². The van der Waals surface area contributed by atoms with Gasteiger partial charge >= 0.3 is 41.5 Å². The Labute approximate surface area is 228 Å². The van der Waals surface area contributed by atoms with Crippen LogP contribution >= 0.6 is 0 Å². The zero-order valence-corrected chi connectivity index (χ0v) is 17.8. The van der Waals surface area contributed by atoms with Gasteiger partial charge in [0.05, 0.1) is 12.2 Å². The van der Waals surface area contributed by atoms with Crippen LogP contribution < -0.4 is 29.6 Å². The molecule has 0 aromatic heterocycles. The van der Waals surface area contributed by atoms with E-state index in [1.165, 1.54) is 13.8 Å². The van der Waals surface area contributed by atoms with E-state index >= 15 is 0 Å². The van der Waals surface area contributed by atoms with E-state index in [2.05, 4.69) is 0 Å². The maximum Gasteiger partial charge on any atom is 1.00 e. The molecule has 0 aromatic rings. The van der Waals surface area contributed by atoms with Crippen molar-refractivity contribution in [2.75, 3.05) is 7.11 Å². The van der Waals surface area contributed by atoms with Crippen molar-refractivity contribution in [2.24, 2.45) is 0 Å². The fourth-order valence-corrected chi connectivity index (χ4v) is 1.28. The predicted molar refractivity (Wildman–Crippen MR) is 144 cm³/mol. The molecule has 0 heterocycles. The SMILES string of the molecule is C.C.C.C.C.C.C.C.C.CCC(C)OC(C)=O.CCC(CC(C)O)OC(C)=O.CO.[Na+].[OH-]. The third-order valence-corrected chi connectivity index (χ3v) is 2.33. The number of esters is 2. The van der Waals surface area contributed by atoms with E-state index < -0.39 is 6.10 Å². The minimum absolute atomic E-state index is 0. The van der Waals surface area contributed by atoms with Gasteiger partial charge in [-0.05, 0) is 26.7 Å². The number of hydrogen-bond donors (Lipinski definition) is 2. The molecule has 3 N–H and O–H groups in total. The van der Waals surface area contributed by atoms with Crippen LogP contribution in [0.15, 0.2) is 0 Å². The second-order valence-corrected chi connectivity index (χ2v) is 4.55. The predicted octanol–water partition coefficient (Wildman–Crippen LogP) is 4.61. The van der Waals surface area contributed by atoms with E-state index in [1.807, 2.05) is 20.8 Å². The van der Waals surface area contributed by atoms with Crippen molar-refractivity contribution in [1.82, 2.24) is 0 Å². The molecule has 208 valence electrons. The minimum Gasteiger partial charge on any atom is -0.870 e. The van der Waals surface area contributed by atoms with E-state index in [9.17, 15) is 9.59 Å². The largest absolute Gasteiger partial charge is 1.00 e. The Kier molecular flexibility index (Phi) is 208. The summed E-state index contributed by atoms with van der Waals surface area (Å²) in [5, 5.41) is 16.0. The molecule has 0 rings (SSSR count). The van der Waals surface area contributed by atoms with Gasteiger partial charge in [0.1, 0.15) is 6.10 Å². The Balaban J connectivity index is -0.0000000120. The van der Waals surface area contributed by atoms with Crippen LogP contribution in [0.2, 0.25) is 0 Å². The van der Waals surface area contributed by atoms with E-state index in [4.69, 9.17) is 19.7 Å². The molecule has 32 heavy (non-hydrogen) atoms. The second kappa shape index (κ2) is 69.8. The average Bonchev–Trinajstić information content (AvgIpc) is 2.39. The molecule has 0 saturated heterocycles. The topological polar surface area (TPSA) is 123 Å². The summed E-state index contributed by atoms with van der Waals surface area (Å²) in [4.78, 5) is 20.7. The Hall–Kier alpha value is -0.180. The van der Waals surface area contributed by atoms with Gasteiger partial charge in [-0.2, -0.15) is 0 Å². The standard InChI is InChI=1S/C8H16O3.C6H12O2.CH4O.9CH4.Na.H2O/c1-4-8(5-6(2)9)11-7(3)10;1-4-5(2)8-6(3)7;1-2;;;;;;;;;;;/h6,8-9H,4-5H2,1-3H3;5H,4H2,1-3H3;2H,1H3;9*1H4;;1H2/q;;;;;;;;;;;;+1;/p-1. The van der Waals surface area contributed by atoms with E-state index in [-0.39, 0.29) is 126 Å². The third-order valence-electron chi connectivity index (χ3n) is 2.33. The van der Waals surface area contributed by atoms with Crippen molar-refractivity contribution < 1.29 is 64.3 Å². The molecule has 0 amide bonds. The quantitative estimate of drug-likeness (QED) is 0.410. The minimum atomic E-state index is -0.403. The smallest absolute Gasteiger partial charge is 0.870 e. The normalized spacial score (nSPS) is 8.78. The van der Waals surface area contributed by atoms with Gasteiger partial charge in [-0.15, -0.1) is 0 Å². The molecule has 0 spiro atoms.